The Hall–Kier alpha value is -1.69. The number of carbonyl (C=O) groups is 1. The molecule has 0 spiro atoms. The van der Waals surface area contributed by atoms with E-state index in [1.807, 2.05) is 6.92 Å². The van der Waals surface area contributed by atoms with Crippen molar-refractivity contribution >= 4 is 5.91 Å². The molecule has 0 aliphatic rings. The molecule has 1 N–H and O–H groups in total. The van der Waals surface area contributed by atoms with Gasteiger partial charge in [-0.05, 0) is 31.5 Å². The molecule has 0 saturated carbocycles. The van der Waals surface area contributed by atoms with Crippen molar-refractivity contribution < 1.29 is 23.0 Å². The molecule has 0 unspecified atom stereocenters. The van der Waals surface area contributed by atoms with Crippen molar-refractivity contribution in [3.05, 3.63) is 29.8 Å². The second-order valence-corrected chi connectivity index (χ2v) is 3.71. The highest BCUT2D eigenvalue weighted by molar-refractivity contribution is 5.94. The fourth-order valence-electron chi connectivity index (χ4n) is 1.44. The highest BCUT2D eigenvalue weighted by Crippen LogP contribution is 2.15. The van der Waals surface area contributed by atoms with E-state index in [4.69, 9.17) is 4.74 Å². The van der Waals surface area contributed by atoms with E-state index >= 15 is 0 Å². The van der Waals surface area contributed by atoms with Crippen molar-refractivity contribution in [2.24, 2.45) is 0 Å². The van der Waals surface area contributed by atoms with E-state index in [0.29, 0.717) is 26.2 Å². The van der Waals surface area contributed by atoms with Crippen LogP contribution in [-0.2, 0) is 4.74 Å². The monoisotopic (exact) mass is 273 g/mol. The van der Waals surface area contributed by atoms with E-state index in [0.717, 1.165) is 0 Å². The van der Waals surface area contributed by atoms with Gasteiger partial charge in [-0.1, -0.05) is 6.07 Å². The molecule has 1 rings (SSSR count). The zero-order valence-corrected chi connectivity index (χ0v) is 10.7. The van der Waals surface area contributed by atoms with Crippen LogP contribution in [0.1, 0.15) is 23.7 Å². The van der Waals surface area contributed by atoms with Gasteiger partial charge in [0.2, 0.25) is 0 Å². The van der Waals surface area contributed by atoms with Crippen LogP contribution < -0.4 is 10.1 Å². The molecule has 1 aromatic carbocycles. The number of alkyl halides is 2. The van der Waals surface area contributed by atoms with Gasteiger partial charge in [-0.3, -0.25) is 4.79 Å². The SMILES string of the molecule is CCOCCCNC(=O)c1cccc(OC(F)F)c1. The molecular formula is C13H17F2NO3. The number of hydrogen-bond donors (Lipinski definition) is 1. The number of halogens is 2. The van der Waals surface area contributed by atoms with E-state index in [1.165, 1.54) is 24.3 Å². The smallest absolute Gasteiger partial charge is 0.387 e. The molecule has 0 bridgehead atoms. The first kappa shape index (κ1) is 15.4. The van der Waals surface area contributed by atoms with Gasteiger partial charge >= 0.3 is 6.61 Å². The molecule has 6 heteroatoms. The van der Waals surface area contributed by atoms with Gasteiger partial charge in [-0.2, -0.15) is 8.78 Å². The van der Waals surface area contributed by atoms with Crippen molar-refractivity contribution in [3.8, 4) is 5.75 Å². The quantitative estimate of drug-likeness (QED) is 0.740. The molecule has 1 amide bonds. The Morgan fingerprint density at radius 2 is 2.21 bits per heavy atom. The van der Waals surface area contributed by atoms with Crippen LogP contribution in [0.5, 0.6) is 5.75 Å². The Morgan fingerprint density at radius 3 is 2.89 bits per heavy atom. The third-order valence-corrected chi connectivity index (χ3v) is 2.28. The maximum absolute atomic E-state index is 12.0. The Bertz CT molecular complexity index is 399. The lowest BCUT2D eigenvalue weighted by Crippen LogP contribution is -2.25. The first-order chi connectivity index (χ1) is 9.13. The van der Waals surface area contributed by atoms with E-state index in [9.17, 15) is 13.6 Å². The molecule has 0 atom stereocenters. The second kappa shape index (κ2) is 8.42. The average Bonchev–Trinajstić information content (AvgIpc) is 2.38. The van der Waals surface area contributed by atoms with Gasteiger partial charge in [-0.25, -0.2) is 0 Å². The fourth-order valence-corrected chi connectivity index (χ4v) is 1.44. The van der Waals surface area contributed by atoms with Crippen molar-refractivity contribution in [3.63, 3.8) is 0 Å². The lowest BCUT2D eigenvalue weighted by molar-refractivity contribution is -0.0498. The number of ether oxygens (including phenoxy) is 2. The minimum atomic E-state index is -2.90. The summed E-state index contributed by atoms with van der Waals surface area (Å²) in [6.45, 7) is 0.683. The van der Waals surface area contributed by atoms with Crippen molar-refractivity contribution in [2.45, 2.75) is 20.0 Å². The molecule has 0 aliphatic heterocycles. The number of carbonyl (C=O) groups excluding carboxylic acids is 1. The second-order valence-electron chi connectivity index (χ2n) is 3.71. The summed E-state index contributed by atoms with van der Waals surface area (Å²) in [6.07, 6.45) is 0.701. The van der Waals surface area contributed by atoms with Crippen LogP contribution in [0.2, 0.25) is 0 Å². The summed E-state index contributed by atoms with van der Waals surface area (Å²) in [5, 5.41) is 2.68. The topological polar surface area (TPSA) is 47.6 Å². The molecule has 0 saturated heterocycles. The third kappa shape index (κ3) is 6.15. The Labute approximate surface area is 110 Å². The molecule has 0 heterocycles. The summed E-state index contributed by atoms with van der Waals surface area (Å²) in [6, 6.07) is 5.69. The first-order valence-corrected chi connectivity index (χ1v) is 6.04. The lowest BCUT2D eigenvalue weighted by atomic mass is 10.2. The zero-order valence-electron chi connectivity index (χ0n) is 10.7. The standard InChI is InChI=1S/C13H17F2NO3/c1-2-18-8-4-7-16-12(17)10-5-3-6-11(9-10)19-13(14)15/h3,5-6,9,13H,2,4,7-8H2,1H3,(H,16,17). The van der Waals surface area contributed by atoms with Crippen LogP contribution in [-0.4, -0.2) is 32.3 Å². The summed E-state index contributed by atoms with van der Waals surface area (Å²) in [7, 11) is 0. The van der Waals surface area contributed by atoms with E-state index in [1.54, 1.807) is 0 Å². The first-order valence-electron chi connectivity index (χ1n) is 6.04. The van der Waals surface area contributed by atoms with Crippen LogP contribution in [0.4, 0.5) is 8.78 Å². The Morgan fingerprint density at radius 1 is 1.42 bits per heavy atom. The number of hydrogen-bond acceptors (Lipinski definition) is 3. The van der Waals surface area contributed by atoms with Gasteiger partial charge in [0.15, 0.2) is 0 Å². The third-order valence-electron chi connectivity index (χ3n) is 2.28. The predicted molar refractivity (Wildman–Crippen MR) is 66.5 cm³/mol. The van der Waals surface area contributed by atoms with E-state index in [-0.39, 0.29) is 17.2 Å². The normalized spacial score (nSPS) is 10.5. The van der Waals surface area contributed by atoms with Gasteiger partial charge in [0.1, 0.15) is 5.75 Å². The van der Waals surface area contributed by atoms with Crippen molar-refractivity contribution in [1.82, 2.24) is 5.32 Å². The summed E-state index contributed by atoms with van der Waals surface area (Å²) in [4.78, 5) is 11.7. The van der Waals surface area contributed by atoms with Crippen molar-refractivity contribution in [1.29, 1.82) is 0 Å². The average molecular weight is 273 g/mol. The number of nitrogens with one attached hydrogen (secondary N) is 1. The summed E-state index contributed by atoms with van der Waals surface area (Å²) < 4.78 is 33.4. The fraction of sp³-hybridized carbons (Fsp3) is 0.462. The minimum Gasteiger partial charge on any atom is -0.435 e. The largest absolute Gasteiger partial charge is 0.435 e. The molecule has 106 valence electrons. The Balaban J connectivity index is 2.43. The molecule has 1 aromatic rings. The molecule has 0 aromatic heterocycles. The number of benzene rings is 1. The maximum atomic E-state index is 12.0. The highest BCUT2D eigenvalue weighted by atomic mass is 19.3. The zero-order chi connectivity index (χ0) is 14.1. The summed E-state index contributed by atoms with van der Waals surface area (Å²) in [5.41, 5.74) is 0.287. The van der Waals surface area contributed by atoms with Gasteiger partial charge in [-0.15, -0.1) is 0 Å². The lowest BCUT2D eigenvalue weighted by Gasteiger charge is -2.08. The number of amides is 1. The van der Waals surface area contributed by atoms with E-state index < -0.39 is 6.61 Å². The van der Waals surface area contributed by atoms with Gasteiger partial charge in [0.25, 0.3) is 5.91 Å². The molecule has 0 radical (unpaired) electrons. The van der Waals surface area contributed by atoms with Crippen LogP contribution in [0.3, 0.4) is 0 Å². The predicted octanol–water partition coefficient (Wildman–Crippen LogP) is 2.44. The van der Waals surface area contributed by atoms with Gasteiger partial charge in [0, 0.05) is 25.3 Å². The van der Waals surface area contributed by atoms with Gasteiger partial charge in [0.05, 0.1) is 0 Å². The summed E-state index contributed by atoms with van der Waals surface area (Å²) in [5.74, 6) is -0.354. The molecule has 0 aliphatic carbocycles. The Kier molecular flexibility index (Phi) is 6.81. The molecule has 4 nitrogen and oxygen atoms in total. The number of rotatable bonds is 8. The van der Waals surface area contributed by atoms with Crippen LogP contribution in [0.25, 0.3) is 0 Å². The van der Waals surface area contributed by atoms with Crippen LogP contribution >= 0.6 is 0 Å². The minimum absolute atomic E-state index is 0.0306. The van der Waals surface area contributed by atoms with Crippen LogP contribution in [0, 0.1) is 0 Å². The maximum Gasteiger partial charge on any atom is 0.387 e. The highest BCUT2D eigenvalue weighted by Gasteiger charge is 2.08. The summed E-state index contributed by atoms with van der Waals surface area (Å²) >= 11 is 0. The van der Waals surface area contributed by atoms with Gasteiger partial charge < -0.3 is 14.8 Å². The van der Waals surface area contributed by atoms with Crippen LogP contribution in [0.15, 0.2) is 24.3 Å². The van der Waals surface area contributed by atoms with Crippen molar-refractivity contribution in [2.75, 3.05) is 19.8 Å². The van der Waals surface area contributed by atoms with E-state index in [2.05, 4.69) is 10.1 Å². The molecular weight excluding hydrogens is 256 g/mol. The molecule has 19 heavy (non-hydrogen) atoms. The molecule has 0 fully saturated rings.